The SMILES string of the molecule is CC[C@@]1(O)C(=O)OCc2c1cc1n(c2=O)Cc2c-1nc1cc3c(cc1c2C#CCNC(=O)CN)OCO3. The number of esters is 1. The number of nitrogens with two attached hydrogens (primary N) is 1. The van der Waals surface area contributed by atoms with Gasteiger partial charge in [-0.25, -0.2) is 9.78 Å². The highest BCUT2D eigenvalue weighted by Crippen LogP contribution is 2.42. The molecule has 188 valence electrons. The number of fused-ring (bicyclic) bond motifs is 6. The molecule has 0 saturated heterocycles. The van der Waals surface area contributed by atoms with Gasteiger partial charge < -0.3 is 34.9 Å². The number of rotatable bonds is 3. The minimum absolute atomic E-state index is 0.0501. The minimum Gasteiger partial charge on any atom is -0.458 e. The van der Waals surface area contributed by atoms with Gasteiger partial charge >= 0.3 is 5.97 Å². The molecule has 3 aromatic rings. The third-order valence-corrected chi connectivity index (χ3v) is 6.95. The van der Waals surface area contributed by atoms with Crippen LogP contribution in [0.25, 0.3) is 22.3 Å². The van der Waals surface area contributed by atoms with E-state index < -0.39 is 11.6 Å². The fourth-order valence-electron chi connectivity index (χ4n) is 4.96. The number of amides is 1. The predicted molar refractivity (Wildman–Crippen MR) is 130 cm³/mol. The van der Waals surface area contributed by atoms with Gasteiger partial charge in [0.05, 0.1) is 42.1 Å². The molecule has 0 radical (unpaired) electrons. The Bertz CT molecular complexity index is 1650. The molecule has 3 aliphatic heterocycles. The van der Waals surface area contributed by atoms with Crippen molar-refractivity contribution in [2.24, 2.45) is 5.73 Å². The number of pyridine rings is 2. The predicted octanol–water partition coefficient (Wildman–Crippen LogP) is 0.235. The molecule has 0 fully saturated rings. The Hall–Kier alpha value is -4.40. The van der Waals surface area contributed by atoms with Crippen LogP contribution in [0.4, 0.5) is 0 Å². The van der Waals surface area contributed by atoms with Gasteiger partial charge in [-0.3, -0.25) is 9.59 Å². The van der Waals surface area contributed by atoms with Crippen LogP contribution in [0.5, 0.6) is 11.5 Å². The van der Waals surface area contributed by atoms with Gasteiger partial charge in [-0.2, -0.15) is 0 Å². The van der Waals surface area contributed by atoms with E-state index in [2.05, 4.69) is 17.2 Å². The maximum absolute atomic E-state index is 13.5. The largest absolute Gasteiger partial charge is 0.458 e. The number of hydrogen-bond donors (Lipinski definition) is 3. The fourth-order valence-corrected chi connectivity index (χ4v) is 4.96. The summed E-state index contributed by atoms with van der Waals surface area (Å²) in [6.45, 7) is 1.66. The molecule has 6 rings (SSSR count). The molecule has 0 unspecified atom stereocenters. The molecule has 5 heterocycles. The molecule has 0 bridgehead atoms. The van der Waals surface area contributed by atoms with E-state index >= 15 is 0 Å². The van der Waals surface area contributed by atoms with E-state index in [1.54, 1.807) is 29.7 Å². The molecule has 11 nitrogen and oxygen atoms in total. The quantitative estimate of drug-likeness (QED) is 0.264. The second-order valence-corrected chi connectivity index (χ2v) is 8.92. The normalized spacial score (nSPS) is 18.4. The van der Waals surface area contributed by atoms with Crippen molar-refractivity contribution in [1.29, 1.82) is 0 Å². The van der Waals surface area contributed by atoms with Crippen LogP contribution >= 0.6 is 0 Å². The molecule has 0 aliphatic carbocycles. The van der Waals surface area contributed by atoms with E-state index in [-0.39, 0.29) is 62.0 Å². The lowest BCUT2D eigenvalue weighted by molar-refractivity contribution is -0.172. The first kappa shape index (κ1) is 23.0. The van der Waals surface area contributed by atoms with Gasteiger partial charge in [0.25, 0.3) is 5.56 Å². The summed E-state index contributed by atoms with van der Waals surface area (Å²) in [5.41, 5.74) is 6.42. The number of aromatic nitrogens is 2. The number of nitrogens with one attached hydrogen (secondary N) is 1. The van der Waals surface area contributed by atoms with Gasteiger partial charge in [-0.1, -0.05) is 18.8 Å². The van der Waals surface area contributed by atoms with Crippen LogP contribution in [0.3, 0.4) is 0 Å². The number of benzene rings is 1. The Labute approximate surface area is 210 Å². The maximum atomic E-state index is 13.5. The fraction of sp³-hybridized carbons (Fsp3) is 0.308. The number of carbonyl (C=O) groups is 2. The van der Waals surface area contributed by atoms with E-state index in [1.807, 2.05) is 0 Å². The van der Waals surface area contributed by atoms with Gasteiger partial charge in [-0.05, 0) is 18.6 Å². The van der Waals surface area contributed by atoms with Crippen LogP contribution in [0, 0.1) is 11.8 Å². The standard InChI is InChI=1S/C26H22N4O7/c1-2-26(34)17-7-19-23-15(10-30(19)24(32)16(17)11-35-25(26)33)13(4-3-5-28-22(31)9-27)14-6-20-21(37-12-36-20)8-18(14)29-23/h6-8,34H,2,5,9-12,27H2,1H3,(H,28,31)/t26-/m0/s1. The topological polar surface area (TPSA) is 155 Å². The highest BCUT2D eigenvalue weighted by atomic mass is 16.7. The average Bonchev–Trinajstić information content (AvgIpc) is 3.51. The molecule has 3 aliphatic rings. The second kappa shape index (κ2) is 8.33. The van der Waals surface area contributed by atoms with Crippen molar-refractivity contribution >= 4 is 22.8 Å². The number of hydrogen-bond acceptors (Lipinski definition) is 9. The first-order chi connectivity index (χ1) is 17.9. The zero-order valence-electron chi connectivity index (χ0n) is 19.8. The zero-order chi connectivity index (χ0) is 25.9. The van der Waals surface area contributed by atoms with Crippen LogP contribution in [-0.2, 0) is 33.1 Å². The lowest BCUT2D eigenvalue weighted by Gasteiger charge is -2.31. The van der Waals surface area contributed by atoms with Crippen LogP contribution in [0.15, 0.2) is 23.0 Å². The Morgan fingerprint density at radius 2 is 2.00 bits per heavy atom. The van der Waals surface area contributed by atoms with Crippen LogP contribution < -0.4 is 26.1 Å². The number of nitrogens with zero attached hydrogens (tertiary/aromatic N) is 2. The molecule has 4 N–H and O–H groups in total. The summed E-state index contributed by atoms with van der Waals surface area (Å²) in [6.07, 6.45) is 0.0501. The molecule has 1 atom stereocenters. The number of ether oxygens (including phenoxy) is 3. The monoisotopic (exact) mass is 502 g/mol. The third kappa shape index (κ3) is 3.37. The van der Waals surface area contributed by atoms with Crippen molar-refractivity contribution in [3.63, 3.8) is 0 Å². The van der Waals surface area contributed by atoms with E-state index in [0.29, 0.717) is 44.9 Å². The maximum Gasteiger partial charge on any atom is 0.343 e. The molecule has 1 aromatic carbocycles. The Morgan fingerprint density at radius 1 is 1.22 bits per heavy atom. The van der Waals surface area contributed by atoms with Gasteiger partial charge in [0.1, 0.15) is 6.61 Å². The average molecular weight is 502 g/mol. The first-order valence-corrected chi connectivity index (χ1v) is 11.7. The number of carbonyl (C=O) groups excluding carboxylic acids is 2. The molecular formula is C26H22N4O7. The Kier molecular flexibility index (Phi) is 5.18. The molecule has 1 amide bonds. The molecular weight excluding hydrogens is 480 g/mol. The lowest BCUT2D eigenvalue weighted by Crippen LogP contribution is -2.44. The van der Waals surface area contributed by atoms with E-state index in [1.165, 1.54) is 0 Å². The summed E-state index contributed by atoms with van der Waals surface area (Å²) >= 11 is 0. The highest BCUT2D eigenvalue weighted by Gasteiger charge is 2.45. The second-order valence-electron chi connectivity index (χ2n) is 8.92. The first-order valence-electron chi connectivity index (χ1n) is 11.7. The van der Waals surface area contributed by atoms with Crippen molar-refractivity contribution in [3.8, 4) is 34.7 Å². The van der Waals surface area contributed by atoms with Gasteiger partial charge in [0.15, 0.2) is 17.1 Å². The van der Waals surface area contributed by atoms with Gasteiger partial charge in [0, 0.05) is 28.1 Å². The van der Waals surface area contributed by atoms with E-state index in [9.17, 15) is 19.5 Å². The van der Waals surface area contributed by atoms with Gasteiger partial charge in [0.2, 0.25) is 12.7 Å². The summed E-state index contributed by atoms with van der Waals surface area (Å²) < 4.78 is 17.8. The summed E-state index contributed by atoms with van der Waals surface area (Å²) in [4.78, 5) is 42.3. The van der Waals surface area contributed by atoms with Crippen LogP contribution in [0.2, 0.25) is 0 Å². The molecule has 0 saturated carbocycles. The number of aliphatic hydroxyl groups is 1. The summed E-state index contributed by atoms with van der Waals surface area (Å²) in [5, 5.41) is 14.4. The summed E-state index contributed by atoms with van der Waals surface area (Å²) in [6, 6.07) is 5.20. The van der Waals surface area contributed by atoms with Crippen molar-refractivity contribution in [3.05, 3.63) is 50.8 Å². The summed E-state index contributed by atoms with van der Waals surface area (Å²) in [7, 11) is 0. The summed E-state index contributed by atoms with van der Waals surface area (Å²) in [5.74, 6) is 6.07. The molecule has 0 spiro atoms. The smallest absolute Gasteiger partial charge is 0.343 e. The van der Waals surface area contributed by atoms with Crippen LogP contribution in [-0.4, -0.2) is 46.4 Å². The van der Waals surface area contributed by atoms with Crippen molar-refractivity contribution in [1.82, 2.24) is 14.9 Å². The Morgan fingerprint density at radius 3 is 2.76 bits per heavy atom. The van der Waals surface area contributed by atoms with E-state index in [0.717, 1.165) is 0 Å². The third-order valence-electron chi connectivity index (χ3n) is 6.95. The lowest BCUT2D eigenvalue weighted by atomic mass is 9.86. The minimum atomic E-state index is -1.92. The molecule has 37 heavy (non-hydrogen) atoms. The van der Waals surface area contributed by atoms with Crippen molar-refractivity contribution in [2.45, 2.75) is 32.1 Å². The zero-order valence-corrected chi connectivity index (χ0v) is 19.8. The van der Waals surface area contributed by atoms with E-state index in [4.69, 9.17) is 24.9 Å². The van der Waals surface area contributed by atoms with Gasteiger partial charge in [-0.15, -0.1) is 0 Å². The Balaban J connectivity index is 1.57. The molecule has 11 heteroatoms. The highest BCUT2D eigenvalue weighted by molar-refractivity contribution is 5.93. The van der Waals surface area contributed by atoms with Crippen molar-refractivity contribution in [2.75, 3.05) is 19.9 Å². The molecule has 2 aromatic heterocycles. The van der Waals surface area contributed by atoms with Crippen molar-refractivity contribution < 1.29 is 28.9 Å². The van der Waals surface area contributed by atoms with Crippen LogP contribution in [0.1, 0.15) is 35.6 Å². The number of cyclic esters (lactones) is 1.